The number of aliphatic hydroxyl groups is 1. The first-order valence-corrected chi connectivity index (χ1v) is 15.4. The van der Waals surface area contributed by atoms with Crippen LogP contribution in [-0.4, -0.2) is 10.9 Å². The van der Waals surface area contributed by atoms with Crippen LogP contribution in [0.3, 0.4) is 0 Å². The molecule has 0 fully saturated rings. The Bertz CT molecular complexity index is 1330. The Morgan fingerprint density at radius 2 is 1.21 bits per heavy atom. The third-order valence-electron chi connectivity index (χ3n) is 8.63. The largest absolute Gasteiger partial charge is 0.512 e. The lowest BCUT2D eigenvalue weighted by molar-refractivity contribution is -0.116. The van der Waals surface area contributed by atoms with Crippen molar-refractivity contribution in [1.29, 1.82) is 0 Å². The molecule has 1 atom stereocenters. The molecule has 2 heteroatoms. The molecular formula is C40H54O2. The van der Waals surface area contributed by atoms with Gasteiger partial charge in [0, 0.05) is 18.8 Å². The molecule has 0 amide bonds. The van der Waals surface area contributed by atoms with Gasteiger partial charge in [-0.2, -0.15) is 0 Å². The first-order chi connectivity index (χ1) is 19.6. The first-order valence-electron chi connectivity index (χ1n) is 15.4. The molecule has 0 bridgehead atoms. The SMILES string of the molecule is CC1=C(/C=C/C(C)=C/C=C/C(C)=C/C=C/C=C(C)/C=C/C=C(C)/C=C/[C@H]2C(C)=C(O)CCC2(C)C)C(C)(C)CCC1=O. The third kappa shape index (κ3) is 10.8. The minimum absolute atomic E-state index is 0.0429. The molecule has 42 heavy (non-hydrogen) atoms. The van der Waals surface area contributed by atoms with Crippen molar-refractivity contribution < 1.29 is 9.90 Å². The summed E-state index contributed by atoms with van der Waals surface area (Å²) in [5.41, 5.74) is 8.06. The van der Waals surface area contributed by atoms with Gasteiger partial charge in [-0.25, -0.2) is 0 Å². The molecule has 0 unspecified atom stereocenters. The summed E-state index contributed by atoms with van der Waals surface area (Å²) in [6, 6.07) is 0. The molecule has 2 nitrogen and oxygen atoms in total. The summed E-state index contributed by atoms with van der Waals surface area (Å²) in [6.45, 7) is 21.4. The maximum Gasteiger partial charge on any atom is 0.158 e. The molecule has 0 saturated carbocycles. The van der Waals surface area contributed by atoms with Crippen molar-refractivity contribution in [1.82, 2.24) is 0 Å². The van der Waals surface area contributed by atoms with Crippen molar-refractivity contribution >= 4 is 5.78 Å². The van der Waals surface area contributed by atoms with Crippen molar-refractivity contribution in [2.75, 3.05) is 0 Å². The van der Waals surface area contributed by atoms with Gasteiger partial charge < -0.3 is 5.11 Å². The number of allylic oxidation sites excluding steroid dienone is 22. The van der Waals surface area contributed by atoms with Gasteiger partial charge in [-0.15, -0.1) is 0 Å². The Balaban J connectivity index is 1.91. The maximum atomic E-state index is 12.2. The lowest BCUT2D eigenvalue weighted by Crippen LogP contribution is -2.28. The van der Waals surface area contributed by atoms with E-state index in [0.717, 1.165) is 41.6 Å². The fourth-order valence-electron chi connectivity index (χ4n) is 5.52. The minimum atomic E-state index is 0.0429. The van der Waals surface area contributed by atoms with Gasteiger partial charge in [0.25, 0.3) is 0 Å². The van der Waals surface area contributed by atoms with E-state index in [1.807, 2.05) is 6.92 Å². The predicted octanol–water partition coefficient (Wildman–Crippen LogP) is 11.5. The lowest BCUT2D eigenvalue weighted by atomic mass is 9.68. The fourth-order valence-corrected chi connectivity index (χ4v) is 5.52. The summed E-state index contributed by atoms with van der Waals surface area (Å²) in [5, 5.41) is 10.2. The van der Waals surface area contributed by atoms with Gasteiger partial charge in [-0.3, -0.25) is 4.79 Å². The average Bonchev–Trinajstić information content (AvgIpc) is 2.91. The van der Waals surface area contributed by atoms with Gasteiger partial charge >= 0.3 is 0 Å². The second-order valence-corrected chi connectivity index (χ2v) is 13.4. The van der Waals surface area contributed by atoms with E-state index in [1.54, 1.807) is 0 Å². The van der Waals surface area contributed by atoms with E-state index in [2.05, 4.69) is 147 Å². The molecule has 1 N–H and O–H groups in total. The van der Waals surface area contributed by atoms with Gasteiger partial charge in [0.2, 0.25) is 0 Å². The van der Waals surface area contributed by atoms with Crippen molar-refractivity contribution in [2.24, 2.45) is 16.7 Å². The summed E-state index contributed by atoms with van der Waals surface area (Å²) in [4.78, 5) is 12.2. The molecule has 0 aromatic carbocycles. The number of hydrogen-bond acceptors (Lipinski definition) is 2. The van der Waals surface area contributed by atoms with Crippen LogP contribution in [0.5, 0.6) is 0 Å². The van der Waals surface area contributed by atoms with E-state index >= 15 is 0 Å². The highest BCUT2D eigenvalue weighted by atomic mass is 16.3. The normalized spacial score (nSPS) is 23.3. The van der Waals surface area contributed by atoms with Crippen LogP contribution < -0.4 is 0 Å². The Morgan fingerprint density at radius 3 is 1.79 bits per heavy atom. The van der Waals surface area contributed by atoms with E-state index in [4.69, 9.17) is 0 Å². The molecule has 2 aliphatic carbocycles. The molecule has 2 aliphatic rings. The number of aliphatic hydroxyl groups excluding tert-OH is 1. The van der Waals surface area contributed by atoms with E-state index in [-0.39, 0.29) is 22.5 Å². The fraction of sp³-hybridized carbons (Fsp3) is 0.425. The van der Waals surface area contributed by atoms with E-state index in [1.165, 1.54) is 16.7 Å². The van der Waals surface area contributed by atoms with Crippen LogP contribution in [0.2, 0.25) is 0 Å². The minimum Gasteiger partial charge on any atom is -0.512 e. The maximum absolute atomic E-state index is 12.2. The van der Waals surface area contributed by atoms with Crippen LogP contribution in [-0.2, 0) is 4.79 Å². The highest BCUT2D eigenvalue weighted by Gasteiger charge is 2.34. The molecule has 0 spiro atoms. The van der Waals surface area contributed by atoms with E-state index in [0.29, 0.717) is 12.2 Å². The van der Waals surface area contributed by atoms with Crippen molar-refractivity contribution in [3.63, 3.8) is 0 Å². The summed E-state index contributed by atoms with van der Waals surface area (Å²) in [7, 11) is 0. The van der Waals surface area contributed by atoms with Crippen molar-refractivity contribution in [2.45, 2.75) is 94.9 Å². The number of rotatable bonds is 10. The highest BCUT2D eigenvalue weighted by molar-refractivity contribution is 5.97. The first kappa shape index (κ1) is 34.8. The molecule has 226 valence electrons. The van der Waals surface area contributed by atoms with Crippen LogP contribution in [0.1, 0.15) is 94.9 Å². The van der Waals surface area contributed by atoms with Crippen LogP contribution in [0, 0.1) is 16.7 Å². The summed E-state index contributed by atoms with van der Waals surface area (Å²) in [6.07, 6.45) is 32.9. The number of hydrogen-bond donors (Lipinski definition) is 1. The van der Waals surface area contributed by atoms with Crippen LogP contribution >= 0.6 is 0 Å². The molecule has 0 aromatic rings. The molecule has 0 saturated heterocycles. The van der Waals surface area contributed by atoms with Crippen LogP contribution in [0.25, 0.3) is 0 Å². The number of Topliss-reactive ketones (excluding diaryl/α,β-unsaturated/α-hetero) is 1. The zero-order chi connectivity index (χ0) is 31.5. The quantitative estimate of drug-likeness (QED) is 0.267. The average molecular weight is 567 g/mol. The molecule has 0 aliphatic heterocycles. The monoisotopic (exact) mass is 566 g/mol. The Labute approximate surface area is 256 Å². The molecular weight excluding hydrogens is 512 g/mol. The smallest absolute Gasteiger partial charge is 0.158 e. The summed E-state index contributed by atoms with van der Waals surface area (Å²) in [5.74, 6) is 1.10. The van der Waals surface area contributed by atoms with Crippen molar-refractivity contribution in [3.05, 3.63) is 130 Å². The lowest BCUT2D eigenvalue weighted by Gasteiger charge is -2.37. The zero-order valence-corrected chi connectivity index (χ0v) is 27.8. The van der Waals surface area contributed by atoms with E-state index < -0.39 is 0 Å². The number of carbonyl (C=O) groups excluding carboxylic acids is 1. The zero-order valence-electron chi connectivity index (χ0n) is 27.8. The molecule has 0 radical (unpaired) electrons. The highest BCUT2D eigenvalue weighted by Crippen LogP contribution is 2.44. The predicted molar refractivity (Wildman–Crippen MR) is 183 cm³/mol. The van der Waals surface area contributed by atoms with Gasteiger partial charge in [-0.1, -0.05) is 135 Å². The second-order valence-electron chi connectivity index (χ2n) is 13.4. The Hall–Kier alpha value is -3.39. The van der Waals surface area contributed by atoms with Gasteiger partial charge in [0.15, 0.2) is 5.78 Å². The molecule has 0 heterocycles. The standard InChI is InChI=1S/C40H54O2/c1-29(17-13-19-31(3)21-23-35-33(5)37(41)25-27-39(35,7)8)15-11-12-16-30(2)18-14-20-32(4)22-24-36-34(6)38(42)26-28-40(36,9)10/h11-24,35,41H,25-28H2,1-10H3/b12-11+,17-13+,18-14+,23-21+,24-22+,29-15+,30-16+,31-19+,32-20+/t35-/m0/s1. The Morgan fingerprint density at radius 1 is 0.714 bits per heavy atom. The Kier molecular flexibility index (Phi) is 13.0. The van der Waals surface area contributed by atoms with Gasteiger partial charge in [0.1, 0.15) is 0 Å². The van der Waals surface area contributed by atoms with Gasteiger partial charge in [0.05, 0.1) is 5.76 Å². The number of ketones is 1. The molecule has 0 aromatic heterocycles. The summed E-state index contributed by atoms with van der Waals surface area (Å²) >= 11 is 0. The van der Waals surface area contributed by atoms with E-state index in [9.17, 15) is 9.90 Å². The van der Waals surface area contributed by atoms with Gasteiger partial charge in [-0.05, 0) is 81.9 Å². The van der Waals surface area contributed by atoms with Crippen molar-refractivity contribution in [3.8, 4) is 0 Å². The summed E-state index contributed by atoms with van der Waals surface area (Å²) < 4.78 is 0. The van der Waals surface area contributed by atoms with Crippen LogP contribution in [0.15, 0.2) is 130 Å². The topological polar surface area (TPSA) is 37.3 Å². The van der Waals surface area contributed by atoms with Crippen LogP contribution in [0.4, 0.5) is 0 Å². The number of carbonyl (C=O) groups is 1. The second kappa shape index (κ2) is 15.7. The third-order valence-corrected chi connectivity index (χ3v) is 8.63. The molecule has 2 rings (SSSR count).